The van der Waals surface area contributed by atoms with Gasteiger partial charge in [-0.3, -0.25) is 4.79 Å². The molecule has 0 spiro atoms. The SMILES string of the molecule is CNCc1ccc(Cl)cc1N1CCC(C)(C(N)=O)C1. The molecule has 1 amide bonds. The second-order valence-corrected chi connectivity index (χ2v) is 5.84. The highest BCUT2D eigenvalue weighted by Gasteiger charge is 2.39. The third kappa shape index (κ3) is 2.85. The summed E-state index contributed by atoms with van der Waals surface area (Å²) in [7, 11) is 1.91. The van der Waals surface area contributed by atoms with E-state index >= 15 is 0 Å². The number of rotatable bonds is 4. The highest BCUT2D eigenvalue weighted by atomic mass is 35.5. The lowest BCUT2D eigenvalue weighted by Gasteiger charge is -2.25. The van der Waals surface area contributed by atoms with Crippen LogP contribution in [0.15, 0.2) is 18.2 Å². The zero-order chi connectivity index (χ0) is 14.0. The van der Waals surface area contributed by atoms with Crippen LogP contribution >= 0.6 is 11.6 Å². The molecule has 5 heteroatoms. The molecule has 2 rings (SSSR count). The molecule has 4 nitrogen and oxygen atoms in total. The number of primary amides is 1. The van der Waals surface area contributed by atoms with Crippen molar-refractivity contribution < 1.29 is 4.79 Å². The molecule has 0 aromatic heterocycles. The molecule has 1 saturated heterocycles. The Bertz CT molecular complexity index is 492. The summed E-state index contributed by atoms with van der Waals surface area (Å²) in [6, 6.07) is 5.87. The van der Waals surface area contributed by atoms with E-state index in [2.05, 4.69) is 10.2 Å². The first-order valence-corrected chi connectivity index (χ1v) is 6.82. The van der Waals surface area contributed by atoms with Crippen LogP contribution in [0, 0.1) is 5.41 Å². The second-order valence-electron chi connectivity index (χ2n) is 5.40. The molecule has 0 saturated carbocycles. The molecule has 1 unspecified atom stereocenters. The van der Waals surface area contributed by atoms with Crippen LogP contribution in [0.3, 0.4) is 0 Å². The summed E-state index contributed by atoms with van der Waals surface area (Å²) >= 11 is 6.09. The quantitative estimate of drug-likeness (QED) is 0.884. The van der Waals surface area contributed by atoms with Crippen molar-refractivity contribution in [1.29, 1.82) is 0 Å². The Labute approximate surface area is 118 Å². The number of carbonyl (C=O) groups excluding carboxylic acids is 1. The van der Waals surface area contributed by atoms with Crippen LogP contribution in [0.2, 0.25) is 5.02 Å². The molecule has 1 heterocycles. The lowest BCUT2D eigenvalue weighted by atomic mass is 9.89. The summed E-state index contributed by atoms with van der Waals surface area (Å²) in [6.45, 7) is 4.18. The fourth-order valence-corrected chi connectivity index (χ4v) is 2.71. The van der Waals surface area contributed by atoms with Gasteiger partial charge in [0.1, 0.15) is 0 Å². The molecular formula is C14H20ClN3O. The lowest BCUT2D eigenvalue weighted by molar-refractivity contribution is -0.125. The number of anilines is 1. The highest BCUT2D eigenvalue weighted by Crippen LogP contribution is 2.35. The molecular weight excluding hydrogens is 262 g/mol. The molecule has 1 fully saturated rings. The standard InChI is InChI=1S/C14H20ClN3O/c1-14(13(16)19)5-6-18(9-14)12-7-11(15)4-3-10(12)8-17-2/h3-4,7,17H,5-6,8-9H2,1-2H3,(H2,16,19). The minimum absolute atomic E-state index is 0.229. The van der Waals surface area contributed by atoms with Gasteiger partial charge in [-0.2, -0.15) is 0 Å². The number of hydrogen-bond acceptors (Lipinski definition) is 3. The molecule has 1 aromatic carbocycles. The zero-order valence-corrected chi connectivity index (χ0v) is 12.1. The van der Waals surface area contributed by atoms with Crippen LogP contribution < -0.4 is 16.0 Å². The van der Waals surface area contributed by atoms with Crippen LogP contribution in [0.5, 0.6) is 0 Å². The van der Waals surface area contributed by atoms with E-state index in [0.717, 1.165) is 25.2 Å². The van der Waals surface area contributed by atoms with E-state index in [1.165, 1.54) is 5.56 Å². The average Bonchev–Trinajstić information content (AvgIpc) is 2.76. The van der Waals surface area contributed by atoms with Gasteiger partial charge in [-0.1, -0.05) is 17.7 Å². The minimum Gasteiger partial charge on any atom is -0.370 e. The van der Waals surface area contributed by atoms with Crippen molar-refractivity contribution in [2.24, 2.45) is 11.1 Å². The maximum Gasteiger partial charge on any atom is 0.225 e. The van der Waals surface area contributed by atoms with Crippen molar-refractivity contribution in [2.45, 2.75) is 19.9 Å². The molecule has 0 aliphatic carbocycles. The van der Waals surface area contributed by atoms with E-state index < -0.39 is 5.41 Å². The fourth-order valence-electron chi connectivity index (χ4n) is 2.54. The highest BCUT2D eigenvalue weighted by molar-refractivity contribution is 6.30. The number of nitrogens with one attached hydrogen (secondary N) is 1. The topological polar surface area (TPSA) is 58.4 Å². The molecule has 104 valence electrons. The monoisotopic (exact) mass is 281 g/mol. The first kappa shape index (κ1) is 14.2. The van der Waals surface area contributed by atoms with Gasteiger partial charge in [0.05, 0.1) is 5.41 Å². The molecule has 0 radical (unpaired) electrons. The summed E-state index contributed by atoms with van der Waals surface area (Å²) in [4.78, 5) is 13.7. The number of amides is 1. The number of carbonyl (C=O) groups is 1. The summed E-state index contributed by atoms with van der Waals surface area (Å²) in [5.74, 6) is -0.229. The average molecular weight is 282 g/mol. The number of benzene rings is 1. The van der Waals surface area contributed by atoms with Gasteiger partial charge in [-0.05, 0) is 38.1 Å². The lowest BCUT2D eigenvalue weighted by Crippen LogP contribution is -2.37. The van der Waals surface area contributed by atoms with Gasteiger partial charge in [0.15, 0.2) is 0 Å². The largest absolute Gasteiger partial charge is 0.370 e. The van der Waals surface area contributed by atoms with Crippen molar-refractivity contribution in [2.75, 3.05) is 25.0 Å². The zero-order valence-electron chi connectivity index (χ0n) is 11.4. The van der Waals surface area contributed by atoms with Gasteiger partial charge in [0.25, 0.3) is 0 Å². The Hall–Kier alpha value is -1.26. The van der Waals surface area contributed by atoms with Crippen molar-refractivity contribution in [1.82, 2.24) is 5.32 Å². The maximum absolute atomic E-state index is 11.5. The first-order chi connectivity index (χ1) is 8.96. The van der Waals surface area contributed by atoms with Gasteiger partial charge in [-0.25, -0.2) is 0 Å². The van der Waals surface area contributed by atoms with E-state index in [9.17, 15) is 4.79 Å². The predicted octanol–water partition coefficient (Wildman–Crippen LogP) is 1.76. The first-order valence-electron chi connectivity index (χ1n) is 6.44. The Morgan fingerprint density at radius 1 is 1.58 bits per heavy atom. The van der Waals surface area contributed by atoms with E-state index in [0.29, 0.717) is 11.6 Å². The number of hydrogen-bond donors (Lipinski definition) is 2. The summed E-state index contributed by atoms with van der Waals surface area (Å²) in [5.41, 5.74) is 7.32. The van der Waals surface area contributed by atoms with Crippen molar-refractivity contribution in [3.8, 4) is 0 Å². The van der Waals surface area contributed by atoms with E-state index in [1.807, 2.05) is 32.2 Å². The van der Waals surface area contributed by atoms with Gasteiger partial charge in [0.2, 0.25) is 5.91 Å². The second kappa shape index (κ2) is 5.39. The fraction of sp³-hybridized carbons (Fsp3) is 0.500. The van der Waals surface area contributed by atoms with Crippen molar-refractivity contribution >= 4 is 23.2 Å². The molecule has 1 aliphatic rings. The van der Waals surface area contributed by atoms with Gasteiger partial charge >= 0.3 is 0 Å². The Kier molecular flexibility index (Phi) is 4.02. The molecule has 0 bridgehead atoms. The maximum atomic E-state index is 11.5. The van der Waals surface area contributed by atoms with Crippen LogP contribution in [0.1, 0.15) is 18.9 Å². The molecule has 1 aromatic rings. The molecule has 1 aliphatic heterocycles. The Morgan fingerprint density at radius 2 is 2.32 bits per heavy atom. The van der Waals surface area contributed by atoms with Crippen LogP contribution in [0.25, 0.3) is 0 Å². The van der Waals surface area contributed by atoms with Gasteiger partial charge in [0, 0.05) is 30.3 Å². The van der Waals surface area contributed by atoms with Crippen LogP contribution in [-0.2, 0) is 11.3 Å². The van der Waals surface area contributed by atoms with E-state index in [1.54, 1.807) is 0 Å². The van der Waals surface area contributed by atoms with Crippen molar-refractivity contribution in [3.63, 3.8) is 0 Å². The van der Waals surface area contributed by atoms with E-state index in [4.69, 9.17) is 17.3 Å². The molecule has 3 N–H and O–H groups in total. The Balaban J connectivity index is 2.28. The molecule has 19 heavy (non-hydrogen) atoms. The Morgan fingerprint density at radius 3 is 2.89 bits per heavy atom. The normalized spacial score (nSPS) is 22.8. The summed E-state index contributed by atoms with van der Waals surface area (Å²) in [5, 5.41) is 3.86. The van der Waals surface area contributed by atoms with Crippen LogP contribution in [0.4, 0.5) is 5.69 Å². The summed E-state index contributed by atoms with van der Waals surface area (Å²) in [6.07, 6.45) is 0.786. The number of nitrogens with two attached hydrogens (primary N) is 1. The number of nitrogens with zero attached hydrogens (tertiary/aromatic N) is 1. The predicted molar refractivity (Wildman–Crippen MR) is 78.3 cm³/mol. The van der Waals surface area contributed by atoms with E-state index in [-0.39, 0.29) is 5.91 Å². The van der Waals surface area contributed by atoms with Gasteiger partial charge in [-0.15, -0.1) is 0 Å². The molecule has 1 atom stereocenters. The third-order valence-corrected chi connectivity index (χ3v) is 4.06. The van der Waals surface area contributed by atoms with Crippen LogP contribution in [-0.4, -0.2) is 26.0 Å². The smallest absolute Gasteiger partial charge is 0.225 e. The van der Waals surface area contributed by atoms with Gasteiger partial charge < -0.3 is 16.0 Å². The summed E-state index contributed by atoms with van der Waals surface area (Å²) < 4.78 is 0. The third-order valence-electron chi connectivity index (χ3n) is 3.82. The van der Waals surface area contributed by atoms with Crippen molar-refractivity contribution in [3.05, 3.63) is 28.8 Å². The minimum atomic E-state index is -0.445. The number of halogens is 1.